The number of carbonyl (C=O) groups excluding carboxylic acids is 1. The molecular formula is C17H33NO2. The normalized spacial score (nSPS) is 11.1. The molecule has 0 aliphatic carbocycles. The second kappa shape index (κ2) is 16.2. The molecule has 0 radical (unpaired) electrons. The van der Waals surface area contributed by atoms with E-state index < -0.39 is 0 Å². The van der Waals surface area contributed by atoms with Crippen molar-refractivity contribution in [1.82, 2.24) is 5.32 Å². The number of rotatable bonds is 14. The molecule has 3 heteroatoms. The van der Waals surface area contributed by atoms with Crippen LogP contribution < -0.4 is 5.32 Å². The molecule has 0 spiro atoms. The van der Waals surface area contributed by atoms with Gasteiger partial charge in [0, 0.05) is 6.42 Å². The van der Waals surface area contributed by atoms with Crippen LogP contribution in [0.2, 0.25) is 0 Å². The first-order valence-corrected chi connectivity index (χ1v) is 8.33. The largest absolute Gasteiger partial charge is 0.377 e. The topological polar surface area (TPSA) is 49.3 Å². The van der Waals surface area contributed by atoms with Crippen molar-refractivity contribution >= 4 is 5.91 Å². The van der Waals surface area contributed by atoms with Gasteiger partial charge in [0.2, 0.25) is 5.91 Å². The lowest BCUT2D eigenvalue weighted by molar-refractivity contribution is -0.122. The number of hydrogen-bond acceptors (Lipinski definition) is 2. The van der Waals surface area contributed by atoms with Gasteiger partial charge in [-0.05, 0) is 32.1 Å². The van der Waals surface area contributed by atoms with Gasteiger partial charge in [-0.1, -0.05) is 57.6 Å². The van der Waals surface area contributed by atoms with Gasteiger partial charge in [-0.15, -0.1) is 0 Å². The van der Waals surface area contributed by atoms with Gasteiger partial charge in [-0.2, -0.15) is 0 Å². The van der Waals surface area contributed by atoms with Crippen LogP contribution in [-0.2, 0) is 4.79 Å². The van der Waals surface area contributed by atoms with E-state index >= 15 is 0 Å². The smallest absolute Gasteiger partial charge is 0.221 e. The molecule has 0 saturated heterocycles. The van der Waals surface area contributed by atoms with Crippen LogP contribution in [0.25, 0.3) is 0 Å². The summed E-state index contributed by atoms with van der Waals surface area (Å²) in [4.78, 5) is 11.1. The minimum atomic E-state index is -0.248. The van der Waals surface area contributed by atoms with Crippen LogP contribution >= 0.6 is 0 Å². The van der Waals surface area contributed by atoms with Crippen LogP contribution in [0.4, 0.5) is 0 Å². The molecule has 0 heterocycles. The Hall–Kier alpha value is -0.830. The highest BCUT2D eigenvalue weighted by atomic mass is 16.3. The average Bonchev–Trinajstić information content (AvgIpc) is 2.44. The lowest BCUT2D eigenvalue weighted by Crippen LogP contribution is -2.23. The Morgan fingerprint density at radius 3 is 2.00 bits per heavy atom. The first kappa shape index (κ1) is 19.2. The summed E-state index contributed by atoms with van der Waals surface area (Å²) in [6, 6.07) is 0. The Morgan fingerprint density at radius 2 is 1.45 bits per heavy atom. The number of nitrogens with one attached hydrogen (secondary N) is 1. The number of unbranched alkanes of at least 4 members (excludes halogenated alkanes) is 9. The monoisotopic (exact) mass is 283 g/mol. The molecule has 0 aliphatic heterocycles. The molecular weight excluding hydrogens is 250 g/mol. The third-order valence-corrected chi connectivity index (χ3v) is 3.44. The third kappa shape index (κ3) is 15.2. The summed E-state index contributed by atoms with van der Waals surface area (Å²) in [5.41, 5.74) is 0. The molecule has 2 N–H and O–H groups in total. The molecule has 0 fully saturated rings. The maximum Gasteiger partial charge on any atom is 0.221 e. The van der Waals surface area contributed by atoms with E-state index in [2.05, 4.69) is 24.4 Å². The maximum absolute atomic E-state index is 11.1. The second-order valence-electron chi connectivity index (χ2n) is 5.39. The summed E-state index contributed by atoms with van der Waals surface area (Å²) >= 11 is 0. The van der Waals surface area contributed by atoms with E-state index in [4.69, 9.17) is 5.11 Å². The van der Waals surface area contributed by atoms with Crippen molar-refractivity contribution in [3.63, 3.8) is 0 Å². The molecule has 20 heavy (non-hydrogen) atoms. The Morgan fingerprint density at radius 1 is 0.900 bits per heavy atom. The Balaban J connectivity index is 3.13. The lowest BCUT2D eigenvalue weighted by Gasteiger charge is -2.01. The van der Waals surface area contributed by atoms with Crippen LogP contribution in [0.5, 0.6) is 0 Å². The molecule has 0 aromatic rings. The molecule has 0 aromatic heterocycles. The number of allylic oxidation sites excluding steroid dienone is 2. The van der Waals surface area contributed by atoms with Crippen molar-refractivity contribution in [3.05, 3.63) is 12.2 Å². The maximum atomic E-state index is 11.1. The quantitative estimate of drug-likeness (QED) is 0.283. The number of aliphatic hydroxyl groups is 1. The van der Waals surface area contributed by atoms with Crippen molar-refractivity contribution in [2.75, 3.05) is 6.73 Å². The van der Waals surface area contributed by atoms with Crippen LogP contribution in [0.3, 0.4) is 0 Å². The summed E-state index contributed by atoms with van der Waals surface area (Å²) in [7, 11) is 0. The molecule has 0 atom stereocenters. The van der Waals surface area contributed by atoms with Crippen molar-refractivity contribution in [3.8, 4) is 0 Å². The summed E-state index contributed by atoms with van der Waals surface area (Å²) in [5.74, 6) is -0.0459. The van der Waals surface area contributed by atoms with Gasteiger partial charge in [0.25, 0.3) is 0 Å². The lowest BCUT2D eigenvalue weighted by atomic mass is 10.1. The van der Waals surface area contributed by atoms with E-state index in [0.717, 1.165) is 19.3 Å². The summed E-state index contributed by atoms with van der Waals surface area (Å²) in [6.07, 6.45) is 18.8. The summed E-state index contributed by atoms with van der Waals surface area (Å²) in [5, 5.41) is 10.9. The van der Waals surface area contributed by atoms with Gasteiger partial charge >= 0.3 is 0 Å². The molecule has 0 saturated carbocycles. The number of aliphatic hydroxyl groups excluding tert-OH is 1. The third-order valence-electron chi connectivity index (χ3n) is 3.44. The minimum absolute atomic E-state index is 0.0459. The Bertz CT molecular complexity index is 239. The number of hydrogen-bond donors (Lipinski definition) is 2. The highest BCUT2D eigenvalue weighted by Crippen LogP contribution is 2.08. The second-order valence-corrected chi connectivity index (χ2v) is 5.39. The van der Waals surface area contributed by atoms with Gasteiger partial charge in [-0.25, -0.2) is 0 Å². The van der Waals surface area contributed by atoms with Crippen LogP contribution in [0.1, 0.15) is 84.0 Å². The molecule has 118 valence electrons. The highest BCUT2D eigenvalue weighted by Gasteiger charge is 1.98. The first-order valence-electron chi connectivity index (χ1n) is 8.33. The zero-order valence-electron chi connectivity index (χ0n) is 13.2. The fourth-order valence-electron chi connectivity index (χ4n) is 2.18. The van der Waals surface area contributed by atoms with Gasteiger partial charge in [0.1, 0.15) is 6.73 Å². The zero-order valence-corrected chi connectivity index (χ0v) is 13.2. The van der Waals surface area contributed by atoms with E-state index in [-0.39, 0.29) is 12.6 Å². The summed E-state index contributed by atoms with van der Waals surface area (Å²) in [6.45, 7) is 2.00. The fourth-order valence-corrected chi connectivity index (χ4v) is 2.18. The van der Waals surface area contributed by atoms with Gasteiger partial charge in [0.15, 0.2) is 0 Å². The predicted octanol–water partition coefficient (Wildman–Crippen LogP) is 4.31. The van der Waals surface area contributed by atoms with Gasteiger partial charge < -0.3 is 10.4 Å². The molecule has 0 aliphatic rings. The summed E-state index contributed by atoms with van der Waals surface area (Å²) < 4.78 is 0. The SMILES string of the molecule is CCCCCCC/C=C\CCCCCCC(=O)NCO. The fraction of sp³-hybridized carbons (Fsp3) is 0.824. The standard InChI is InChI=1S/C17H33NO2/c1-2-3-4-5-6-7-8-9-10-11-12-13-14-15-17(20)18-16-19/h8-9,19H,2-7,10-16H2,1H3,(H,18,20)/b9-8-. The Kier molecular flexibility index (Phi) is 15.6. The molecule has 0 bridgehead atoms. The predicted molar refractivity (Wildman–Crippen MR) is 85.4 cm³/mol. The molecule has 0 aromatic carbocycles. The number of carbonyl (C=O) groups is 1. The van der Waals surface area contributed by atoms with Crippen molar-refractivity contribution in [1.29, 1.82) is 0 Å². The molecule has 1 amide bonds. The number of amides is 1. The highest BCUT2D eigenvalue weighted by molar-refractivity contribution is 5.75. The van der Waals surface area contributed by atoms with Crippen LogP contribution in [0.15, 0.2) is 12.2 Å². The minimum Gasteiger partial charge on any atom is -0.377 e. The van der Waals surface area contributed by atoms with E-state index in [1.54, 1.807) is 0 Å². The van der Waals surface area contributed by atoms with Gasteiger partial charge in [0.05, 0.1) is 0 Å². The van der Waals surface area contributed by atoms with Gasteiger partial charge in [-0.3, -0.25) is 4.79 Å². The first-order chi connectivity index (χ1) is 9.81. The molecule has 3 nitrogen and oxygen atoms in total. The zero-order chi connectivity index (χ0) is 14.9. The van der Waals surface area contributed by atoms with E-state index in [9.17, 15) is 4.79 Å². The van der Waals surface area contributed by atoms with Crippen LogP contribution in [-0.4, -0.2) is 17.7 Å². The van der Waals surface area contributed by atoms with Crippen LogP contribution in [0, 0.1) is 0 Å². The molecule has 0 unspecified atom stereocenters. The Labute approximate surface area is 124 Å². The average molecular weight is 283 g/mol. The van der Waals surface area contributed by atoms with E-state index in [1.807, 2.05) is 0 Å². The molecule has 0 rings (SSSR count). The van der Waals surface area contributed by atoms with Crippen molar-refractivity contribution in [2.45, 2.75) is 84.0 Å². The van der Waals surface area contributed by atoms with E-state index in [0.29, 0.717) is 6.42 Å². The van der Waals surface area contributed by atoms with Crippen molar-refractivity contribution < 1.29 is 9.90 Å². The van der Waals surface area contributed by atoms with Crippen molar-refractivity contribution in [2.24, 2.45) is 0 Å². The van der Waals surface area contributed by atoms with E-state index in [1.165, 1.54) is 51.4 Å².